The minimum atomic E-state index is -1.15. The van der Waals surface area contributed by atoms with Gasteiger partial charge in [0, 0.05) is 11.0 Å². The average molecular weight is 373 g/mol. The fraction of sp³-hybridized carbons (Fsp3) is 0.214. The van der Waals surface area contributed by atoms with Gasteiger partial charge in [-0.1, -0.05) is 15.9 Å². The molecule has 21 heavy (non-hydrogen) atoms. The van der Waals surface area contributed by atoms with Gasteiger partial charge in [-0.2, -0.15) is 11.3 Å². The van der Waals surface area contributed by atoms with Gasteiger partial charge in [-0.15, -0.1) is 0 Å². The summed E-state index contributed by atoms with van der Waals surface area (Å²) in [6.45, 7) is 1.75. The van der Waals surface area contributed by atoms with Gasteiger partial charge in [0.15, 0.2) is 0 Å². The largest absolute Gasteiger partial charge is 0.384 e. The number of aliphatic hydroxyl groups is 1. The van der Waals surface area contributed by atoms with Gasteiger partial charge >= 0.3 is 0 Å². The summed E-state index contributed by atoms with van der Waals surface area (Å²) in [6, 6.07) is 4.53. The van der Waals surface area contributed by atoms with E-state index in [4.69, 9.17) is 5.73 Å². The molecule has 0 radical (unpaired) electrons. The van der Waals surface area contributed by atoms with Crippen LogP contribution < -0.4 is 11.1 Å². The Morgan fingerprint density at radius 1 is 1.57 bits per heavy atom. The Kier molecular flexibility index (Phi) is 4.65. The number of carbonyl (C=O) groups excluding carboxylic acids is 1. The Balaban J connectivity index is 2.26. The lowest BCUT2D eigenvalue weighted by atomic mass is 9.99. The number of rotatable bonds is 5. The number of hydrogen-bond donors (Lipinski definition) is 3. The van der Waals surface area contributed by atoms with Crippen molar-refractivity contribution in [3.05, 3.63) is 50.4 Å². The summed E-state index contributed by atoms with van der Waals surface area (Å²) >= 11 is 4.63. The van der Waals surface area contributed by atoms with Crippen LogP contribution in [0.1, 0.15) is 22.8 Å². The van der Waals surface area contributed by atoms with Gasteiger partial charge in [-0.05, 0) is 41.4 Å². The molecule has 1 amide bonds. The van der Waals surface area contributed by atoms with E-state index in [1.807, 2.05) is 16.8 Å². The highest BCUT2D eigenvalue weighted by Gasteiger charge is 2.24. The number of anilines is 1. The zero-order valence-corrected chi connectivity index (χ0v) is 13.6. The highest BCUT2D eigenvalue weighted by molar-refractivity contribution is 9.10. The van der Waals surface area contributed by atoms with Crippen LogP contribution >= 0.6 is 27.3 Å². The molecule has 0 fully saturated rings. The van der Waals surface area contributed by atoms with Crippen LogP contribution in [-0.4, -0.2) is 17.6 Å². The number of hydrogen-bond acceptors (Lipinski definition) is 4. The summed E-state index contributed by atoms with van der Waals surface area (Å²) in [6.07, 6.45) is 0. The Labute approximate surface area is 133 Å². The molecule has 0 saturated heterocycles. The normalized spacial score (nSPS) is 13.7. The fourth-order valence-electron chi connectivity index (χ4n) is 1.90. The molecular formula is C14H14BrFN2O2S. The minimum absolute atomic E-state index is 0.111. The number of carbonyl (C=O) groups is 1. The smallest absolute Gasteiger partial charge is 0.253 e. The standard InChI is InChI=1S/C14H14BrFN2O2S/c1-14(20,8-2-3-21-6-8)7-18-11-5-9(15)4-10(16)12(11)13(17)19/h2-6,18,20H,7H2,1H3,(H2,17,19). The Morgan fingerprint density at radius 3 is 2.86 bits per heavy atom. The molecule has 2 rings (SSSR count). The molecule has 1 aromatic carbocycles. The van der Waals surface area contributed by atoms with Crippen LogP contribution in [0.4, 0.5) is 10.1 Å². The first-order valence-electron chi connectivity index (χ1n) is 6.09. The maximum Gasteiger partial charge on any atom is 0.253 e. The van der Waals surface area contributed by atoms with Crippen molar-refractivity contribution in [1.29, 1.82) is 0 Å². The molecular weight excluding hydrogens is 359 g/mol. The molecule has 1 aromatic heterocycles. The van der Waals surface area contributed by atoms with Gasteiger partial charge in [0.05, 0.1) is 11.3 Å². The predicted octanol–water partition coefficient (Wildman–Crippen LogP) is 3.07. The first-order valence-corrected chi connectivity index (χ1v) is 7.82. The molecule has 0 aliphatic heterocycles. The van der Waals surface area contributed by atoms with Crippen molar-refractivity contribution in [1.82, 2.24) is 0 Å². The van der Waals surface area contributed by atoms with Crippen LogP contribution in [0.2, 0.25) is 0 Å². The van der Waals surface area contributed by atoms with Gasteiger partial charge in [0.2, 0.25) is 0 Å². The van der Waals surface area contributed by atoms with Crippen LogP contribution in [0.15, 0.2) is 33.4 Å². The van der Waals surface area contributed by atoms with E-state index in [1.165, 1.54) is 17.4 Å². The van der Waals surface area contributed by atoms with Crippen molar-refractivity contribution in [2.45, 2.75) is 12.5 Å². The molecule has 0 bridgehead atoms. The zero-order valence-electron chi connectivity index (χ0n) is 11.2. The third kappa shape index (κ3) is 3.61. The topological polar surface area (TPSA) is 75.3 Å². The molecule has 0 aliphatic rings. The summed E-state index contributed by atoms with van der Waals surface area (Å²) < 4.78 is 14.3. The summed E-state index contributed by atoms with van der Waals surface area (Å²) in [4.78, 5) is 11.4. The Morgan fingerprint density at radius 2 is 2.29 bits per heavy atom. The number of nitrogens with one attached hydrogen (secondary N) is 1. The van der Waals surface area contributed by atoms with Crippen LogP contribution in [0.5, 0.6) is 0 Å². The SMILES string of the molecule is CC(O)(CNc1cc(Br)cc(F)c1C(N)=O)c1ccsc1. The maximum atomic E-state index is 13.8. The molecule has 4 nitrogen and oxygen atoms in total. The average Bonchev–Trinajstić information content (AvgIpc) is 2.89. The van der Waals surface area contributed by atoms with Gasteiger partial charge in [0.25, 0.3) is 5.91 Å². The number of benzene rings is 1. The molecule has 0 spiro atoms. The van der Waals surface area contributed by atoms with E-state index in [-0.39, 0.29) is 17.8 Å². The highest BCUT2D eigenvalue weighted by atomic mass is 79.9. The van der Waals surface area contributed by atoms with Crippen molar-refractivity contribution >= 4 is 38.9 Å². The van der Waals surface area contributed by atoms with Gasteiger partial charge in [-0.3, -0.25) is 4.79 Å². The lowest BCUT2D eigenvalue weighted by molar-refractivity contribution is 0.0719. The summed E-state index contributed by atoms with van der Waals surface area (Å²) in [7, 11) is 0. The molecule has 2 aromatic rings. The molecule has 112 valence electrons. The van der Waals surface area contributed by atoms with Crippen molar-refractivity contribution < 1.29 is 14.3 Å². The summed E-state index contributed by atoms with van der Waals surface area (Å²) in [5.74, 6) is -1.58. The van der Waals surface area contributed by atoms with Crippen LogP contribution in [0, 0.1) is 5.82 Å². The second-order valence-electron chi connectivity index (χ2n) is 4.81. The van der Waals surface area contributed by atoms with Crippen molar-refractivity contribution in [3.8, 4) is 0 Å². The van der Waals surface area contributed by atoms with Crippen LogP contribution in [0.3, 0.4) is 0 Å². The molecule has 4 N–H and O–H groups in total. The number of nitrogens with two attached hydrogens (primary N) is 1. The van der Waals surface area contributed by atoms with E-state index < -0.39 is 17.3 Å². The monoisotopic (exact) mass is 372 g/mol. The van der Waals surface area contributed by atoms with Crippen LogP contribution in [-0.2, 0) is 5.60 Å². The molecule has 7 heteroatoms. The van der Waals surface area contributed by atoms with E-state index in [0.29, 0.717) is 4.47 Å². The van der Waals surface area contributed by atoms with Crippen molar-refractivity contribution in [2.75, 3.05) is 11.9 Å². The van der Waals surface area contributed by atoms with Gasteiger partial charge < -0.3 is 16.2 Å². The van der Waals surface area contributed by atoms with Crippen molar-refractivity contribution in [3.63, 3.8) is 0 Å². The third-order valence-corrected chi connectivity index (χ3v) is 4.21. The minimum Gasteiger partial charge on any atom is -0.384 e. The van der Waals surface area contributed by atoms with Gasteiger partial charge in [0.1, 0.15) is 11.4 Å². The van der Waals surface area contributed by atoms with E-state index in [0.717, 1.165) is 5.56 Å². The summed E-state index contributed by atoms with van der Waals surface area (Å²) in [5.41, 5.74) is 4.82. The first kappa shape index (κ1) is 15.9. The Hall–Kier alpha value is -1.44. The molecule has 0 saturated carbocycles. The quantitative estimate of drug-likeness (QED) is 0.754. The predicted molar refractivity (Wildman–Crippen MR) is 85.0 cm³/mol. The number of thiophene rings is 1. The third-order valence-electron chi connectivity index (χ3n) is 3.07. The lowest BCUT2D eigenvalue weighted by Crippen LogP contribution is -2.31. The Bertz CT molecular complexity index is 659. The van der Waals surface area contributed by atoms with E-state index in [2.05, 4.69) is 21.2 Å². The maximum absolute atomic E-state index is 13.8. The highest BCUT2D eigenvalue weighted by Crippen LogP contribution is 2.27. The molecule has 0 aliphatic carbocycles. The molecule has 1 heterocycles. The number of halogens is 2. The van der Waals surface area contributed by atoms with Crippen LogP contribution in [0.25, 0.3) is 0 Å². The summed E-state index contributed by atoms with van der Waals surface area (Å²) in [5, 5.41) is 17.0. The van der Waals surface area contributed by atoms with Crippen molar-refractivity contribution in [2.24, 2.45) is 5.73 Å². The first-order chi connectivity index (χ1) is 9.81. The van der Waals surface area contributed by atoms with E-state index in [9.17, 15) is 14.3 Å². The molecule has 1 unspecified atom stereocenters. The zero-order chi connectivity index (χ0) is 15.6. The number of amides is 1. The molecule has 1 atom stereocenters. The second kappa shape index (κ2) is 6.13. The fourth-order valence-corrected chi connectivity index (χ4v) is 3.12. The van der Waals surface area contributed by atoms with E-state index in [1.54, 1.807) is 13.0 Å². The lowest BCUT2D eigenvalue weighted by Gasteiger charge is -2.24. The van der Waals surface area contributed by atoms with E-state index >= 15 is 0 Å². The van der Waals surface area contributed by atoms with Gasteiger partial charge in [-0.25, -0.2) is 4.39 Å². The number of primary amides is 1. The second-order valence-corrected chi connectivity index (χ2v) is 6.51.